The Morgan fingerprint density at radius 3 is 2.68 bits per heavy atom. The summed E-state index contributed by atoms with van der Waals surface area (Å²) >= 11 is 0. The standard InChI is InChI=1S/C21H24FN5O/c1-13-9-16(22)10-18-19(13)24-12-15(11-23)20(18)27-7-5-26(6-8-27)14(2)21(28)25-17-3-4-17/h9-10,12,14,17H,3-8H2,1-2H3,(H,25,28). The lowest BCUT2D eigenvalue weighted by Gasteiger charge is -2.39. The van der Waals surface area contributed by atoms with Gasteiger partial charge in [0.15, 0.2) is 0 Å². The third kappa shape index (κ3) is 3.52. The molecule has 1 aliphatic heterocycles. The number of hydrogen-bond donors (Lipinski definition) is 1. The fourth-order valence-electron chi connectivity index (χ4n) is 3.89. The molecule has 2 aliphatic rings. The molecule has 1 unspecified atom stereocenters. The number of nitriles is 1. The Bertz CT molecular complexity index is 957. The molecule has 1 saturated heterocycles. The predicted octanol–water partition coefficient (Wildman–Crippen LogP) is 2.34. The minimum absolute atomic E-state index is 0.0840. The third-order valence-electron chi connectivity index (χ3n) is 5.70. The van der Waals surface area contributed by atoms with Crippen LogP contribution in [0.1, 0.15) is 30.9 Å². The van der Waals surface area contributed by atoms with Crippen LogP contribution in [0.4, 0.5) is 10.1 Å². The average molecular weight is 381 g/mol. The maximum atomic E-state index is 14.1. The Labute approximate surface area is 163 Å². The highest BCUT2D eigenvalue weighted by molar-refractivity contribution is 5.96. The smallest absolute Gasteiger partial charge is 0.237 e. The van der Waals surface area contributed by atoms with Gasteiger partial charge in [-0.1, -0.05) is 0 Å². The lowest BCUT2D eigenvalue weighted by molar-refractivity contribution is -0.126. The molecule has 1 atom stereocenters. The van der Waals surface area contributed by atoms with E-state index in [0.29, 0.717) is 43.2 Å². The van der Waals surface area contributed by atoms with E-state index in [9.17, 15) is 14.4 Å². The fourth-order valence-corrected chi connectivity index (χ4v) is 3.89. The van der Waals surface area contributed by atoms with Crippen LogP contribution in [-0.2, 0) is 4.79 Å². The number of carbonyl (C=O) groups excluding carboxylic acids is 1. The molecule has 146 valence electrons. The summed E-state index contributed by atoms with van der Waals surface area (Å²) < 4.78 is 14.1. The van der Waals surface area contributed by atoms with Gasteiger partial charge >= 0.3 is 0 Å². The summed E-state index contributed by atoms with van der Waals surface area (Å²) in [6.45, 7) is 6.53. The number of nitrogens with one attached hydrogen (secondary N) is 1. The molecule has 1 saturated carbocycles. The summed E-state index contributed by atoms with van der Waals surface area (Å²) in [5.74, 6) is -0.243. The molecule has 4 rings (SSSR count). The van der Waals surface area contributed by atoms with E-state index in [4.69, 9.17) is 0 Å². The van der Waals surface area contributed by atoms with Gasteiger partial charge in [-0.25, -0.2) is 4.39 Å². The van der Waals surface area contributed by atoms with Gasteiger partial charge in [0.25, 0.3) is 0 Å². The first-order chi connectivity index (χ1) is 13.5. The second-order valence-electron chi connectivity index (χ2n) is 7.73. The van der Waals surface area contributed by atoms with E-state index >= 15 is 0 Å². The van der Waals surface area contributed by atoms with E-state index in [2.05, 4.69) is 26.2 Å². The zero-order chi connectivity index (χ0) is 19.8. The van der Waals surface area contributed by atoms with Crippen molar-refractivity contribution in [2.45, 2.75) is 38.8 Å². The van der Waals surface area contributed by atoms with Crippen molar-refractivity contribution in [3.63, 3.8) is 0 Å². The second kappa shape index (κ2) is 7.36. The molecule has 0 bridgehead atoms. The van der Waals surface area contributed by atoms with Crippen molar-refractivity contribution >= 4 is 22.5 Å². The van der Waals surface area contributed by atoms with Gasteiger partial charge in [-0.2, -0.15) is 5.26 Å². The van der Waals surface area contributed by atoms with Crippen LogP contribution in [0.15, 0.2) is 18.3 Å². The monoisotopic (exact) mass is 381 g/mol. The molecule has 28 heavy (non-hydrogen) atoms. The summed E-state index contributed by atoms with van der Waals surface area (Å²) in [6, 6.07) is 5.31. The summed E-state index contributed by atoms with van der Waals surface area (Å²) in [5.41, 5.74) is 2.66. The molecule has 1 amide bonds. The molecule has 2 fully saturated rings. The zero-order valence-corrected chi connectivity index (χ0v) is 16.2. The Morgan fingerprint density at radius 1 is 1.32 bits per heavy atom. The Kier molecular flexibility index (Phi) is 4.90. The molecular weight excluding hydrogens is 357 g/mol. The summed E-state index contributed by atoms with van der Waals surface area (Å²) in [6.07, 6.45) is 3.73. The number of nitrogens with zero attached hydrogens (tertiary/aromatic N) is 4. The van der Waals surface area contributed by atoms with Gasteiger partial charge in [0, 0.05) is 43.8 Å². The maximum Gasteiger partial charge on any atom is 0.237 e. The number of halogens is 1. The predicted molar refractivity (Wildman–Crippen MR) is 106 cm³/mol. The first-order valence-corrected chi connectivity index (χ1v) is 9.76. The van der Waals surface area contributed by atoms with E-state index in [1.165, 1.54) is 12.1 Å². The van der Waals surface area contributed by atoms with Crippen LogP contribution in [0.2, 0.25) is 0 Å². The highest BCUT2D eigenvalue weighted by Crippen LogP contribution is 2.32. The van der Waals surface area contributed by atoms with Crippen molar-refractivity contribution < 1.29 is 9.18 Å². The van der Waals surface area contributed by atoms with Gasteiger partial charge < -0.3 is 10.2 Å². The molecule has 1 N–H and O–H groups in total. The fraction of sp³-hybridized carbons (Fsp3) is 0.476. The molecule has 2 heterocycles. The van der Waals surface area contributed by atoms with Crippen LogP contribution in [0.5, 0.6) is 0 Å². The molecule has 1 aromatic heterocycles. The highest BCUT2D eigenvalue weighted by Gasteiger charge is 2.31. The number of aromatic nitrogens is 1. The van der Waals surface area contributed by atoms with Gasteiger partial charge in [0.1, 0.15) is 11.9 Å². The van der Waals surface area contributed by atoms with Crippen LogP contribution in [0.3, 0.4) is 0 Å². The number of carbonyl (C=O) groups is 1. The van der Waals surface area contributed by atoms with Crippen LogP contribution in [0.25, 0.3) is 10.9 Å². The Hall–Kier alpha value is -2.72. The third-order valence-corrected chi connectivity index (χ3v) is 5.70. The number of rotatable bonds is 4. The van der Waals surface area contributed by atoms with Gasteiger partial charge in [0.2, 0.25) is 5.91 Å². The summed E-state index contributed by atoms with van der Waals surface area (Å²) in [5, 5.41) is 13.3. The van der Waals surface area contributed by atoms with Crippen LogP contribution in [0, 0.1) is 24.1 Å². The second-order valence-corrected chi connectivity index (χ2v) is 7.73. The number of fused-ring (bicyclic) bond motifs is 1. The van der Waals surface area contributed by atoms with Crippen LogP contribution < -0.4 is 10.2 Å². The minimum Gasteiger partial charge on any atom is -0.367 e. The molecule has 7 heteroatoms. The van der Waals surface area contributed by atoms with E-state index < -0.39 is 0 Å². The number of pyridine rings is 1. The van der Waals surface area contributed by atoms with Gasteiger partial charge in [-0.15, -0.1) is 0 Å². The molecule has 2 aromatic rings. The number of piperazine rings is 1. The highest BCUT2D eigenvalue weighted by atomic mass is 19.1. The van der Waals surface area contributed by atoms with Crippen molar-refractivity contribution in [3.05, 3.63) is 35.3 Å². The van der Waals surface area contributed by atoms with E-state index in [-0.39, 0.29) is 17.8 Å². The topological polar surface area (TPSA) is 72.3 Å². The SMILES string of the molecule is Cc1cc(F)cc2c(N3CCN(C(C)C(=O)NC4CC4)CC3)c(C#N)cnc12. The van der Waals surface area contributed by atoms with Gasteiger partial charge in [0.05, 0.1) is 22.8 Å². The molecule has 1 aliphatic carbocycles. The first kappa shape index (κ1) is 18.6. The van der Waals surface area contributed by atoms with E-state index in [1.807, 2.05) is 13.8 Å². The van der Waals surface area contributed by atoms with Crippen molar-refractivity contribution in [3.8, 4) is 6.07 Å². The lowest BCUT2D eigenvalue weighted by atomic mass is 10.0. The summed E-state index contributed by atoms with van der Waals surface area (Å²) in [4.78, 5) is 21.0. The number of anilines is 1. The van der Waals surface area contributed by atoms with Gasteiger partial charge in [-0.05, 0) is 44.4 Å². The largest absolute Gasteiger partial charge is 0.367 e. The normalized spacial score (nSPS) is 18.7. The number of benzene rings is 1. The van der Waals surface area contributed by atoms with Gasteiger partial charge in [-0.3, -0.25) is 14.7 Å². The lowest BCUT2D eigenvalue weighted by Crippen LogP contribution is -2.54. The van der Waals surface area contributed by atoms with Crippen molar-refractivity contribution in [2.24, 2.45) is 0 Å². The maximum absolute atomic E-state index is 14.1. The summed E-state index contributed by atoms with van der Waals surface area (Å²) in [7, 11) is 0. The van der Waals surface area contributed by atoms with Crippen LogP contribution >= 0.6 is 0 Å². The Balaban J connectivity index is 1.56. The quantitative estimate of drug-likeness (QED) is 0.880. The first-order valence-electron chi connectivity index (χ1n) is 9.76. The molecule has 1 aromatic carbocycles. The van der Waals surface area contributed by atoms with E-state index in [0.717, 1.165) is 29.6 Å². The van der Waals surface area contributed by atoms with Crippen molar-refractivity contribution in [2.75, 3.05) is 31.1 Å². The number of aryl methyl sites for hydroxylation is 1. The Morgan fingerprint density at radius 2 is 2.04 bits per heavy atom. The number of amides is 1. The van der Waals surface area contributed by atoms with E-state index in [1.54, 1.807) is 6.20 Å². The number of hydrogen-bond acceptors (Lipinski definition) is 5. The zero-order valence-electron chi connectivity index (χ0n) is 16.2. The molecule has 0 spiro atoms. The molecule has 0 radical (unpaired) electrons. The molecule has 6 nitrogen and oxygen atoms in total. The molecular formula is C21H24FN5O. The average Bonchev–Trinajstić information content (AvgIpc) is 3.50. The van der Waals surface area contributed by atoms with Crippen molar-refractivity contribution in [1.82, 2.24) is 15.2 Å². The van der Waals surface area contributed by atoms with Crippen LogP contribution in [-0.4, -0.2) is 54.1 Å². The minimum atomic E-state index is -0.327. The van der Waals surface area contributed by atoms with Crippen molar-refractivity contribution in [1.29, 1.82) is 5.26 Å².